The van der Waals surface area contributed by atoms with Crippen LogP contribution < -0.4 is 14.2 Å². The van der Waals surface area contributed by atoms with Crippen molar-refractivity contribution in [2.45, 2.75) is 37.2 Å². The van der Waals surface area contributed by atoms with Gasteiger partial charge in [-0.3, -0.25) is 0 Å². The summed E-state index contributed by atoms with van der Waals surface area (Å²) >= 11 is 0. The Morgan fingerprint density at radius 3 is 2.14 bits per heavy atom. The molecular weight excluding hydrogens is 378 g/mol. The predicted molar refractivity (Wildman–Crippen MR) is 107 cm³/mol. The minimum absolute atomic E-state index is 0.0831. The highest BCUT2D eigenvalue weighted by Gasteiger charge is 2.38. The molecule has 0 spiro atoms. The van der Waals surface area contributed by atoms with E-state index < -0.39 is 10.0 Å². The lowest BCUT2D eigenvalue weighted by molar-refractivity contribution is 0.302. The van der Waals surface area contributed by atoms with E-state index in [2.05, 4.69) is 0 Å². The molecule has 1 fully saturated rings. The highest BCUT2D eigenvalue weighted by molar-refractivity contribution is 7.89. The summed E-state index contributed by atoms with van der Waals surface area (Å²) in [4.78, 5) is 0.200. The summed E-state index contributed by atoms with van der Waals surface area (Å²) in [5.74, 6) is 2.03. The molecule has 2 aromatic carbocycles. The number of hydrogen-bond acceptors (Lipinski definition) is 5. The number of ether oxygens (including phenoxy) is 3. The molecule has 0 saturated heterocycles. The summed E-state index contributed by atoms with van der Waals surface area (Å²) in [7, 11) is 0.920. The zero-order chi connectivity index (χ0) is 20.3. The van der Waals surface area contributed by atoms with Crippen molar-refractivity contribution in [2.75, 3.05) is 21.3 Å². The second kappa shape index (κ2) is 8.41. The minimum Gasteiger partial charge on any atom is -0.497 e. The Bertz CT molecular complexity index is 907. The van der Waals surface area contributed by atoms with E-state index in [1.807, 2.05) is 31.2 Å². The highest BCUT2D eigenvalue weighted by atomic mass is 32.2. The van der Waals surface area contributed by atoms with E-state index in [0.29, 0.717) is 24.0 Å². The fourth-order valence-electron chi connectivity index (χ4n) is 3.28. The van der Waals surface area contributed by atoms with Gasteiger partial charge in [-0.15, -0.1) is 0 Å². The Kier molecular flexibility index (Phi) is 6.15. The molecule has 1 aliphatic carbocycles. The van der Waals surface area contributed by atoms with E-state index in [1.54, 1.807) is 23.5 Å². The number of nitrogens with zero attached hydrogens (tertiary/aromatic N) is 1. The molecule has 0 N–H and O–H groups in total. The van der Waals surface area contributed by atoms with Crippen LogP contribution in [0.25, 0.3) is 0 Å². The van der Waals surface area contributed by atoms with Gasteiger partial charge in [0.05, 0.1) is 26.2 Å². The van der Waals surface area contributed by atoms with E-state index >= 15 is 0 Å². The maximum absolute atomic E-state index is 13.5. The number of hydrogen-bond donors (Lipinski definition) is 0. The van der Waals surface area contributed by atoms with Gasteiger partial charge >= 0.3 is 0 Å². The first-order chi connectivity index (χ1) is 13.4. The number of benzene rings is 2. The zero-order valence-electron chi connectivity index (χ0n) is 16.7. The molecule has 1 saturated carbocycles. The van der Waals surface area contributed by atoms with Crippen LogP contribution in [0.3, 0.4) is 0 Å². The lowest BCUT2D eigenvalue weighted by Gasteiger charge is -2.29. The van der Waals surface area contributed by atoms with Crippen molar-refractivity contribution in [3.05, 3.63) is 48.0 Å². The predicted octanol–water partition coefficient (Wildman–Crippen LogP) is 3.70. The average Bonchev–Trinajstić information content (AvgIpc) is 3.56. The lowest BCUT2D eigenvalue weighted by atomic mass is 10.1. The monoisotopic (exact) mass is 405 g/mol. The van der Waals surface area contributed by atoms with Crippen LogP contribution in [0, 0.1) is 5.92 Å². The van der Waals surface area contributed by atoms with Crippen molar-refractivity contribution in [3.63, 3.8) is 0 Å². The van der Waals surface area contributed by atoms with Crippen molar-refractivity contribution in [1.29, 1.82) is 0 Å². The van der Waals surface area contributed by atoms with Gasteiger partial charge in [0.25, 0.3) is 0 Å². The van der Waals surface area contributed by atoms with Crippen LogP contribution in [0.1, 0.15) is 25.3 Å². The van der Waals surface area contributed by atoms with Gasteiger partial charge in [-0.25, -0.2) is 8.42 Å². The molecule has 28 heavy (non-hydrogen) atoms. The van der Waals surface area contributed by atoms with Crippen LogP contribution in [0.15, 0.2) is 47.4 Å². The third-order valence-corrected chi connectivity index (χ3v) is 7.15. The quantitative estimate of drug-likeness (QED) is 0.636. The van der Waals surface area contributed by atoms with Gasteiger partial charge in [-0.05, 0) is 55.5 Å². The fourth-order valence-corrected chi connectivity index (χ4v) is 4.98. The van der Waals surface area contributed by atoms with Crippen molar-refractivity contribution in [1.82, 2.24) is 4.31 Å². The summed E-state index contributed by atoms with van der Waals surface area (Å²) in [6.45, 7) is 2.29. The Hall–Kier alpha value is -2.25. The SMILES string of the molecule is COc1ccc(CN([C@H](C)C2CC2)S(=O)(=O)c2ccc(OC)c(OC)c2)cc1. The highest BCUT2D eigenvalue weighted by Crippen LogP contribution is 2.39. The van der Waals surface area contributed by atoms with Gasteiger partial charge in [-0.2, -0.15) is 4.31 Å². The van der Waals surface area contributed by atoms with Gasteiger partial charge < -0.3 is 14.2 Å². The maximum atomic E-state index is 13.5. The minimum atomic E-state index is -3.71. The Balaban J connectivity index is 1.96. The summed E-state index contributed by atoms with van der Waals surface area (Å²) in [5.41, 5.74) is 0.914. The van der Waals surface area contributed by atoms with E-state index in [9.17, 15) is 8.42 Å². The first-order valence-corrected chi connectivity index (χ1v) is 10.7. The zero-order valence-corrected chi connectivity index (χ0v) is 17.5. The molecule has 0 heterocycles. The average molecular weight is 406 g/mol. The summed E-state index contributed by atoms with van der Waals surface area (Å²) in [6, 6.07) is 12.1. The summed E-state index contributed by atoms with van der Waals surface area (Å²) in [6.07, 6.45) is 2.11. The van der Waals surface area contributed by atoms with Crippen LogP contribution >= 0.6 is 0 Å². The number of methoxy groups -OCH3 is 3. The molecule has 1 aliphatic rings. The molecule has 1 atom stereocenters. The van der Waals surface area contributed by atoms with E-state index in [0.717, 1.165) is 24.2 Å². The molecule has 2 aromatic rings. The molecule has 0 unspecified atom stereocenters. The lowest BCUT2D eigenvalue weighted by Crippen LogP contribution is -2.39. The molecule has 0 aliphatic heterocycles. The van der Waals surface area contributed by atoms with Crippen LogP contribution in [-0.4, -0.2) is 40.1 Å². The van der Waals surface area contributed by atoms with Gasteiger partial charge in [0.1, 0.15) is 5.75 Å². The van der Waals surface area contributed by atoms with Crippen molar-refractivity contribution >= 4 is 10.0 Å². The van der Waals surface area contributed by atoms with Gasteiger partial charge in [0.2, 0.25) is 10.0 Å². The molecule has 0 bridgehead atoms. The normalized spacial score (nSPS) is 15.3. The fraction of sp³-hybridized carbons (Fsp3) is 0.429. The van der Waals surface area contributed by atoms with Crippen molar-refractivity contribution in [2.24, 2.45) is 5.92 Å². The maximum Gasteiger partial charge on any atom is 0.243 e. The van der Waals surface area contributed by atoms with Crippen LogP contribution in [0.4, 0.5) is 0 Å². The third-order valence-electron chi connectivity index (χ3n) is 5.22. The van der Waals surface area contributed by atoms with Gasteiger partial charge in [0.15, 0.2) is 11.5 Å². The van der Waals surface area contributed by atoms with E-state index in [4.69, 9.17) is 14.2 Å². The second-order valence-electron chi connectivity index (χ2n) is 6.99. The van der Waals surface area contributed by atoms with Gasteiger partial charge in [0, 0.05) is 18.7 Å². The first-order valence-electron chi connectivity index (χ1n) is 9.27. The Labute approximate surface area is 167 Å². The van der Waals surface area contributed by atoms with Crippen LogP contribution in [-0.2, 0) is 16.6 Å². The van der Waals surface area contributed by atoms with Gasteiger partial charge in [-0.1, -0.05) is 12.1 Å². The topological polar surface area (TPSA) is 65.1 Å². The molecule has 0 amide bonds. The molecule has 152 valence electrons. The largest absolute Gasteiger partial charge is 0.497 e. The van der Waals surface area contributed by atoms with Crippen molar-refractivity contribution in [3.8, 4) is 17.2 Å². The molecule has 7 heteroatoms. The standard InChI is InChI=1S/C21H27NO5S/c1-15(17-7-8-17)22(14-16-5-9-18(25-2)10-6-16)28(23,24)19-11-12-20(26-3)21(13-19)27-4/h5-6,9-13,15,17H,7-8,14H2,1-4H3/t15-/m1/s1. The summed E-state index contributed by atoms with van der Waals surface area (Å²) < 4.78 is 44.3. The third kappa shape index (κ3) is 4.25. The molecule has 3 rings (SSSR count). The van der Waals surface area contributed by atoms with E-state index in [1.165, 1.54) is 20.3 Å². The first kappa shape index (κ1) is 20.5. The van der Waals surface area contributed by atoms with Crippen LogP contribution in [0.2, 0.25) is 0 Å². The summed E-state index contributed by atoms with van der Waals surface area (Å²) in [5, 5.41) is 0. The Morgan fingerprint density at radius 2 is 1.61 bits per heavy atom. The van der Waals surface area contributed by atoms with Crippen molar-refractivity contribution < 1.29 is 22.6 Å². The smallest absolute Gasteiger partial charge is 0.243 e. The number of rotatable bonds is 9. The van der Waals surface area contributed by atoms with Crippen LogP contribution in [0.5, 0.6) is 17.2 Å². The van der Waals surface area contributed by atoms with E-state index in [-0.39, 0.29) is 10.9 Å². The molecule has 6 nitrogen and oxygen atoms in total. The second-order valence-corrected chi connectivity index (χ2v) is 8.88. The Morgan fingerprint density at radius 1 is 0.964 bits per heavy atom. The molecule has 0 aromatic heterocycles. The molecule has 0 radical (unpaired) electrons. The number of sulfonamides is 1. The molecular formula is C21H27NO5S.